The molecule has 3 rings (SSSR count). The summed E-state index contributed by atoms with van der Waals surface area (Å²) in [7, 11) is 0. The Hall–Kier alpha value is -1.85. The van der Waals surface area contributed by atoms with Crippen molar-refractivity contribution >= 4 is 11.6 Å². The summed E-state index contributed by atoms with van der Waals surface area (Å²) in [5.74, 6) is -0.829. The largest absolute Gasteiger partial charge is 0.486 e. The highest BCUT2D eigenvalue weighted by Crippen LogP contribution is 2.35. The minimum Gasteiger partial charge on any atom is -0.486 e. The zero-order valence-electron chi connectivity index (χ0n) is 10.9. The van der Waals surface area contributed by atoms with Crippen molar-refractivity contribution in [3.05, 3.63) is 58.6 Å². The van der Waals surface area contributed by atoms with Crippen molar-refractivity contribution < 1.29 is 18.3 Å². The number of hydrogen-bond acceptors (Lipinski definition) is 3. The molecule has 2 atom stereocenters. The van der Waals surface area contributed by atoms with Crippen LogP contribution in [0.5, 0.6) is 11.5 Å². The number of fused-ring (bicyclic) bond motifs is 1. The summed E-state index contributed by atoms with van der Waals surface area (Å²) in [6.45, 7) is 0.202. The van der Waals surface area contributed by atoms with Gasteiger partial charge in [-0.1, -0.05) is 23.7 Å². The molecule has 0 aliphatic carbocycles. The molecule has 1 aliphatic heterocycles. The van der Waals surface area contributed by atoms with Gasteiger partial charge in [-0.25, -0.2) is 8.78 Å². The fourth-order valence-corrected chi connectivity index (χ4v) is 2.48. The van der Waals surface area contributed by atoms with Gasteiger partial charge in [-0.3, -0.25) is 0 Å². The number of rotatable bonds is 2. The van der Waals surface area contributed by atoms with Crippen molar-refractivity contribution in [2.24, 2.45) is 5.73 Å². The van der Waals surface area contributed by atoms with Crippen LogP contribution in [0, 0.1) is 11.6 Å². The molecule has 0 radical (unpaired) electrons. The molecule has 2 unspecified atom stereocenters. The lowest BCUT2D eigenvalue weighted by molar-refractivity contribution is 0.0720. The zero-order chi connectivity index (χ0) is 15.0. The summed E-state index contributed by atoms with van der Waals surface area (Å²) < 4.78 is 37.8. The van der Waals surface area contributed by atoms with Crippen LogP contribution >= 0.6 is 11.6 Å². The predicted octanol–water partition coefficient (Wildman–Crippen LogP) is 3.46. The minimum atomic E-state index is -1.01. The van der Waals surface area contributed by atoms with E-state index in [1.807, 2.05) is 6.07 Å². The molecule has 0 bridgehead atoms. The molecule has 1 heterocycles. The summed E-state index contributed by atoms with van der Waals surface area (Å²) in [5, 5.41) is 0.0591. The second kappa shape index (κ2) is 5.50. The van der Waals surface area contributed by atoms with Gasteiger partial charge in [0.1, 0.15) is 6.61 Å². The molecular weight excluding hydrogens is 300 g/mol. The zero-order valence-corrected chi connectivity index (χ0v) is 11.6. The summed E-state index contributed by atoms with van der Waals surface area (Å²) in [5.41, 5.74) is 6.35. The standard InChI is InChI=1S/C15H12ClF2NO2/c16-9-6-11(18)10(17)5-8(9)15(19)14-7-20-12-3-1-2-4-13(12)21-14/h1-6,14-15H,7,19H2. The van der Waals surface area contributed by atoms with Crippen molar-refractivity contribution in [3.63, 3.8) is 0 Å². The first-order valence-corrected chi connectivity index (χ1v) is 6.72. The molecule has 21 heavy (non-hydrogen) atoms. The van der Waals surface area contributed by atoms with Crippen LogP contribution in [0.4, 0.5) is 8.78 Å². The second-order valence-electron chi connectivity index (χ2n) is 4.73. The number of para-hydroxylation sites is 2. The summed E-state index contributed by atoms with van der Waals surface area (Å²) in [6, 6.07) is 8.33. The Bertz CT molecular complexity index is 681. The highest BCUT2D eigenvalue weighted by molar-refractivity contribution is 6.31. The van der Waals surface area contributed by atoms with E-state index in [1.165, 1.54) is 0 Å². The monoisotopic (exact) mass is 311 g/mol. The van der Waals surface area contributed by atoms with Crippen LogP contribution in [-0.4, -0.2) is 12.7 Å². The Morgan fingerprint density at radius 3 is 2.57 bits per heavy atom. The van der Waals surface area contributed by atoms with Crippen molar-refractivity contribution in [3.8, 4) is 11.5 Å². The van der Waals surface area contributed by atoms with E-state index in [0.717, 1.165) is 12.1 Å². The van der Waals surface area contributed by atoms with Gasteiger partial charge in [-0.15, -0.1) is 0 Å². The molecule has 6 heteroatoms. The lowest BCUT2D eigenvalue weighted by Crippen LogP contribution is -2.39. The van der Waals surface area contributed by atoms with Gasteiger partial charge in [0, 0.05) is 5.02 Å². The van der Waals surface area contributed by atoms with E-state index in [2.05, 4.69) is 0 Å². The number of hydrogen-bond donors (Lipinski definition) is 1. The maximum absolute atomic E-state index is 13.4. The molecule has 0 amide bonds. The molecule has 2 N–H and O–H groups in total. The lowest BCUT2D eigenvalue weighted by atomic mass is 10.0. The van der Waals surface area contributed by atoms with Crippen LogP contribution in [0.1, 0.15) is 11.6 Å². The highest BCUT2D eigenvalue weighted by Gasteiger charge is 2.29. The quantitative estimate of drug-likeness (QED) is 0.864. The lowest BCUT2D eigenvalue weighted by Gasteiger charge is -2.30. The van der Waals surface area contributed by atoms with Crippen molar-refractivity contribution in [1.29, 1.82) is 0 Å². The molecule has 110 valence electrons. The highest BCUT2D eigenvalue weighted by atomic mass is 35.5. The third-order valence-electron chi connectivity index (χ3n) is 3.33. The van der Waals surface area contributed by atoms with Crippen LogP contribution in [0.3, 0.4) is 0 Å². The molecule has 0 saturated heterocycles. The van der Waals surface area contributed by atoms with Gasteiger partial charge in [-0.05, 0) is 29.8 Å². The topological polar surface area (TPSA) is 44.5 Å². The van der Waals surface area contributed by atoms with E-state index in [1.54, 1.807) is 18.2 Å². The molecule has 2 aromatic carbocycles. The molecule has 2 aromatic rings. The van der Waals surface area contributed by atoms with Crippen LogP contribution in [0.25, 0.3) is 0 Å². The normalized spacial score (nSPS) is 18.4. The first-order valence-electron chi connectivity index (χ1n) is 6.35. The van der Waals surface area contributed by atoms with Gasteiger partial charge in [0.25, 0.3) is 0 Å². The van der Waals surface area contributed by atoms with Crippen LogP contribution < -0.4 is 15.2 Å². The van der Waals surface area contributed by atoms with Crippen molar-refractivity contribution in [1.82, 2.24) is 0 Å². The maximum atomic E-state index is 13.4. The third-order valence-corrected chi connectivity index (χ3v) is 3.66. The van der Waals surface area contributed by atoms with Gasteiger partial charge in [0.05, 0.1) is 6.04 Å². The van der Waals surface area contributed by atoms with Crippen LogP contribution in [-0.2, 0) is 0 Å². The van der Waals surface area contributed by atoms with Crippen LogP contribution in [0.15, 0.2) is 36.4 Å². The predicted molar refractivity (Wildman–Crippen MR) is 74.6 cm³/mol. The fourth-order valence-electron chi connectivity index (χ4n) is 2.21. The Labute approximate surface area is 125 Å². The number of halogens is 3. The molecule has 0 fully saturated rings. The fraction of sp³-hybridized carbons (Fsp3) is 0.200. The smallest absolute Gasteiger partial charge is 0.161 e. The Morgan fingerprint density at radius 2 is 1.81 bits per heavy atom. The molecular formula is C15H12ClF2NO2. The third kappa shape index (κ3) is 2.66. The summed E-state index contributed by atoms with van der Waals surface area (Å²) in [4.78, 5) is 0. The summed E-state index contributed by atoms with van der Waals surface area (Å²) >= 11 is 5.93. The van der Waals surface area contributed by atoms with E-state index < -0.39 is 23.8 Å². The Morgan fingerprint density at radius 1 is 1.14 bits per heavy atom. The van der Waals surface area contributed by atoms with Gasteiger partial charge in [0.15, 0.2) is 29.2 Å². The molecule has 3 nitrogen and oxygen atoms in total. The van der Waals surface area contributed by atoms with E-state index in [-0.39, 0.29) is 17.2 Å². The first kappa shape index (κ1) is 14.1. The van der Waals surface area contributed by atoms with E-state index in [9.17, 15) is 8.78 Å². The second-order valence-corrected chi connectivity index (χ2v) is 5.13. The van der Waals surface area contributed by atoms with E-state index in [4.69, 9.17) is 26.8 Å². The SMILES string of the molecule is NC(c1cc(F)c(F)cc1Cl)C1COc2ccccc2O1. The molecule has 0 saturated carbocycles. The average Bonchev–Trinajstić information content (AvgIpc) is 2.50. The van der Waals surface area contributed by atoms with Crippen molar-refractivity contribution in [2.75, 3.05) is 6.61 Å². The first-order chi connectivity index (χ1) is 10.1. The van der Waals surface area contributed by atoms with E-state index in [0.29, 0.717) is 11.5 Å². The van der Waals surface area contributed by atoms with Crippen molar-refractivity contribution in [2.45, 2.75) is 12.1 Å². The Kier molecular flexibility index (Phi) is 3.69. The van der Waals surface area contributed by atoms with Gasteiger partial charge in [0.2, 0.25) is 0 Å². The van der Waals surface area contributed by atoms with Gasteiger partial charge in [-0.2, -0.15) is 0 Å². The average molecular weight is 312 g/mol. The molecule has 1 aliphatic rings. The summed E-state index contributed by atoms with van der Waals surface area (Å²) in [6.07, 6.45) is -0.540. The Balaban J connectivity index is 1.87. The van der Waals surface area contributed by atoms with Crippen LogP contribution in [0.2, 0.25) is 5.02 Å². The molecule has 0 aromatic heterocycles. The number of benzene rings is 2. The van der Waals surface area contributed by atoms with E-state index >= 15 is 0 Å². The number of nitrogens with two attached hydrogens (primary N) is 1. The maximum Gasteiger partial charge on any atom is 0.161 e. The number of ether oxygens (including phenoxy) is 2. The van der Waals surface area contributed by atoms with Gasteiger partial charge >= 0.3 is 0 Å². The molecule has 0 spiro atoms. The minimum absolute atomic E-state index is 0.0591. The van der Waals surface area contributed by atoms with Gasteiger partial charge < -0.3 is 15.2 Å².